The maximum atomic E-state index is 8.64. The van der Waals surface area contributed by atoms with Gasteiger partial charge >= 0.3 is 0 Å². The number of ether oxygens (including phenoxy) is 1. The molecule has 1 rings (SSSR count). The van der Waals surface area contributed by atoms with Gasteiger partial charge in [-0.15, -0.1) is 0 Å². The van der Waals surface area contributed by atoms with Crippen molar-refractivity contribution in [3.05, 3.63) is 35.4 Å². The molecule has 16 heavy (non-hydrogen) atoms. The molecule has 0 heterocycles. The zero-order valence-electron chi connectivity index (χ0n) is 9.86. The molecule has 0 fully saturated rings. The molecule has 0 aliphatic rings. The molecule has 0 spiro atoms. The third-order valence-electron chi connectivity index (χ3n) is 2.15. The van der Waals surface area contributed by atoms with Gasteiger partial charge in [0, 0.05) is 12.6 Å². The van der Waals surface area contributed by atoms with Crippen LogP contribution in [0.3, 0.4) is 0 Å². The van der Waals surface area contributed by atoms with E-state index >= 15 is 0 Å². The van der Waals surface area contributed by atoms with Gasteiger partial charge in [0.25, 0.3) is 0 Å². The molecule has 0 saturated heterocycles. The van der Waals surface area contributed by atoms with Gasteiger partial charge < -0.3 is 10.1 Å². The molecule has 0 unspecified atom stereocenters. The summed E-state index contributed by atoms with van der Waals surface area (Å²) in [6.45, 7) is 6.40. The first-order valence-electron chi connectivity index (χ1n) is 5.52. The van der Waals surface area contributed by atoms with E-state index in [1.165, 1.54) is 0 Å². The third kappa shape index (κ3) is 4.92. The largest absolute Gasteiger partial charge is 0.375 e. The van der Waals surface area contributed by atoms with Crippen molar-refractivity contribution >= 4 is 0 Å². The van der Waals surface area contributed by atoms with Crippen molar-refractivity contribution in [1.29, 1.82) is 5.26 Å². The number of benzene rings is 1. The highest BCUT2D eigenvalue weighted by molar-refractivity contribution is 5.31. The van der Waals surface area contributed by atoms with E-state index in [2.05, 4.69) is 25.2 Å². The van der Waals surface area contributed by atoms with Crippen molar-refractivity contribution in [2.24, 2.45) is 0 Å². The molecule has 0 aliphatic carbocycles. The molecular formula is C13H18N2O. The van der Waals surface area contributed by atoms with Gasteiger partial charge in [0.15, 0.2) is 0 Å². The summed E-state index contributed by atoms with van der Waals surface area (Å²) < 4.78 is 5.50. The lowest BCUT2D eigenvalue weighted by molar-refractivity contribution is 0.121. The van der Waals surface area contributed by atoms with Gasteiger partial charge in [-0.2, -0.15) is 5.26 Å². The van der Waals surface area contributed by atoms with Crippen LogP contribution in [-0.2, 0) is 11.3 Å². The SMILES string of the molecule is CC(C)NCCOCc1ccc(C#N)cc1. The molecule has 0 aliphatic heterocycles. The Kier molecular flexibility index (Phi) is 5.55. The molecule has 0 amide bonds. The highest BCUT2D eigenvalue weighted by Gasteiger charge is 1.95. The smallest absolute Gasteiger partial charge is 0.0991 e. The maximum Gasteiger partial charge on any atom is 0.0991 e. The highest BCUT2D eigenvalue weighted by atomic mass is 16.5. The standard InChI is InChI=1S/C13H18N2O/c1-11(2)15-7-8-16-10-13-5-3-12(9-14)4-6-13/h3-6,11,15H,7-8,10H2,1-2H3. The Labute approximate surface area is 97.0 Å². The zero-order chi connectivity index (χ0) is 11.8. The van der Waals surface area contributed by atoms with Crippen LogP contribution in [0.25, 0.3) is 0 Å². The molecule has 86 valence electrons. The Morgan fingerprint density at radius 3 is 2.56 bits per heavy atom. The molecule has 0 aromatic heterocycles. The second-order valence-corrected chi connectivity index (χ2v) is 3.97. The van der Waals surface area contributed by atoms with Crippen molar-refractivity contribution in [2.75, 3.05) is 13.2 Å². The number of nitrogens with zero attached hydrogens (tertiary/aromatic N) is 1. The van der Waals surface area contributed by atoms with Crippen molar-refractivity contribution < 1.29 is 4.74 Å². The fourth-order valence-corrected chi connectivity index (χ4v) is 1.29. The van der Waals surface area contributed by atoms with E-state index in [0.717, 1.165) is 12.1 Å². The van der Waals surface area contributed by atoms with Crippen LogP contribution in [0.5, 0.6) is 0 Å². The van der Waals surface area contributed by atoms with E-state index < -0.39 is 0 Å². The lowest BCUT2D eigenvalue weighted by Gasteiger charge is -2.08. The Bertz CT molecular complexity index is 338. The Morgan fingerprint density at radius 1 is 1.31 bits per heavy atom. The highest BCUT2D eigenvalue weighted by Crippen LogP contribution is 2.04. The first-order chi connectivity index (χ1) is 7.72. The first kappa shape index (κ1) is 12.7. The molecule has 1 N–H and O–H groups in total. The van der Waals surface area contributed by atoms with E-state index in [0.29, 0.717) is 24.8 Å². The quantitative estimate of drug-likeness (QED) is 0.743. The molecular weight excluding hydrogens is 200 g/mol. The summed E-state index contributed by atoms with van der Waals surface area (Å²) in [4.78, 5) is 0. The number of rotatable bonds is 6. The predicted octanol–water partition coefficient (Wildman–Crippen LogP) is 2.07. The molecule has 3 nitrogen and oxygen atoms in total. The predicted molar refractivity (Wildman–Crippen MR) is 64.0 cm³/mol. The fourth-order valence-electron chi connectivity index (χ4n) is 1.29. The monoisotopic (exact) mass is 218 g/mol. The van der Waals surface area contributed by atoms with Crippen molar-refractivity contribution in [3.8, 4) is 6.07 Å². The van der Waals surface area contributed by atoms with Crippen LogP contribution in [-0.4, -0.2) is 19.2 Å². The average Bonchev–Trinajstić information content (AvgIpc) is 2.29. The van der Waals surface area contributed by atoms with E-state index in [1.807, 2.05) is 24.3 Å². The minimum atomic E-state index is 0.499. The number of hydrogen-bond donors (Lipinski definition) is 1. The minimum absolute atomic E-state index is 0.499. The van der Waals surface area contributed by atoms with Gasteiger partial charge in [0.2, 0.25) is 0 Å². The van der Waals surface area contributed by atoms with Crippen LogP contribution < -0.4 is 5.32 Å². The molecule has 0 radical (unpaired) electrons. The van der Waals surface area contributed by atoms with E-state index in [4.69, 9.17) is 10.00 Å². The maximum absolute atomic E-state index is 8.64. The molecule has 0 atom stereocenters. The molecule has 3 heteroatoms. The summed E-state index contributed by atoms with van der Waals surface area (Å²) in [7, 11) is 0. The number of nitriles is 1. The summed E-state index contributed by atoms with van der Waals surface area (Å²) in [5.74, 6) is 0. The van der Waals surface area contributed by atoms with Crippen LogP contribution in [0.15, 0.2) is 24.3 Å². The molecule has 0 saturated carbocycles. The van der Waals surface area contributed by atoms with Crippen molar-refractivity contribution in [3.63, 3.8) is 0 Å². The third-order valence-corrected chi connectivity index (χ3v) is 2.15. The lowest BCUT2D eigenvalue weighted by atomic mass is 10.2. The fraction of sp³-hybridized carbons (Fsp3) is 0.462. The van der Waals surface area contributed by atoms with Crippen LogP contribution >= 0.6 is 0 Å². The summed E-state index contributed by atoms with van der Waals surface area (Å²) in [5.41, 5.74) is 1.79. The van der Waals surface area contributed by atoms with Crippen molar-refractivity contribution in [1.82, 2.24) is 5.32 Å². The Balaban J connectivity index is 2.20. The summed E-state index contributed by atoms with van der Waals surface area (Å²) >= 11 is 0. The second kappa shape index (κ2) is 7.00. The summed E-state index contributed by atoms with van der Waals surface area (Å²) in [6, 6.07) is 10.1. The number of hydrogen-bond acceptors (Lipinski definition) is 3. The molecule has 1 aromatic carbocycles. The van der Waals surface area contributed by atoms with Gasteiger partial charge in [0.1, 0.15) is 0 Å². The van der Waals surface area contributed by atoms with E-state index in [1.54, 1.807) is 0 Å². The van der Waals surface area contributed by atoms with E-state index in [-0.39, 0.29) is 0 Å². The summed E-state index contributed by atoms with van der Waals surface area (Å²) in [5, 5.41) is 11.9. The Morgan fingerprint density at radius 2 is 2.00 bits per heavy atom. The second-order valence-electron chi connectivity index (χ2n) is 3.97. The van der Waals surface area contributed by atoms with Gasteiger partial charge in [-0.1, -0.05) is 26.0 Å². The Hall–Kier alpha value is -1.37. The van der Waals surface area contributed by atoms with E-state index in [9.17, 15) is 0 Å². The molecule has 1 aromatic rings. The zero-order valence-corrected chi connectivity index (χ0v) is 9.86. The lowest BCUT2D eigenvalue weighted by Crippen LogP contribution is -2.26. The van der Waals surface area contributed by atoms with Gasteiger partial charge in [-0.05, 0) is 17.7 Å². The van der Waals surface area contributed by atoms with Gasteiger partial charge in [-0.3, -0.25) is 0 Å². The number of nitrogens with one attached hydrogen (secondary N) is 1. The minimum Gasteiger partial charge on any atom is -0.375 e. The van der Waals surface area contributed by atoms with Crippen LogP contribution in [0.1, 0.15) is 25.0 Å². The van der Waals surface area contributed by atoms with Crippen LogP contribution in [0, 0.1) is 11.3 Å². The van der Waals surface area contributed by atoms with Crippen LogP contribution in [0.2, 0.25) is 0 Å². The van der Waals surface area contributed by atoms with Gasteiger partial charge in [-0.25, -0.2) is 0 Å². The topological polar surface area (TPSA) is 45.0 Å². The van der Waals surface area contributed by atoms with Crippen LogP contribution in [0.4, 0.5) is 0 Å². The van der Waals surface area contributed by atoms with Crippen molar-refractivity contribution in [2.45, 2.75) is 26.5 Å². The molecule has 0 bridgehead atoms. The normalized spacial score (nSPS) is 10.4. The summed E-state index contributed by atoms with van der Waals surface area (Å²) in [6.07, 6.45) is 0. The average molecular weight is 218 g/mol. The van der Waals surface area contributed by atoms with Gasteiger partial charge in [0.05, 0.1) is 24.8 Å². The first-order valence-corrected chi connectivity index (χ1v) is 5.52.